The van der Waals surface area contributed by atoms with Crippen molar-refractivity contribution in [3.8, 4) is 0 Å². The molecule has 0 aliphatic heterocycles. The first-order valence-electron chi connectivity index (χ1n) is 4.51. The number of hydrogen-bond donors (Lipinski definition) is 0. The zero-order valence-corrected chi connectivity index (χ0v) is 10.0. The summed E-state index contributed by atoms with van der Waals surface area (Å²) < 4.78 is 4.93. The topological polar surface area (TPSA) is 29.5 Å². The average molecular weight is 222 g/mol. The number of hydrogen-bond acceptors (Lipinski definition) is 3. The van der Waals surface area contributed by atoms with Gasteiger partial charge in [0.15, 0.2) is 0 Å². The predicted molar refractivity (Wildman–Crippen MR) is 60.8 cm³/mol. The van der Waals surface area contributed by atoms with E-state index in [1.54, 1.807) is 6.92 Å². The highest BCUT2D eigenvalue weighted by molar-refractivity contribution is 5.86. The third-order valence-electron chi connectivity index (χ3n) is 1.58. The Morgan fingerprint density at radius 3 is 2.36 bits per heavy atom. The molecule has 0 fully saturated rings. The predicted octanol–water partition coefficient (Wildman–Crippen LogP) is 1.87. The quantitative estimate of drug-likeness (QED) is 0.390. The van der Waals surface area contributed by atoms with Crippen molar-refractivity contribution in [2.45, 2.75) is 19.8 Å². The summed E-state index contributed by atoms with van der Waals surface area (Å²) in [5, 5.41) is 0. The van der Waals surface area contributed by atoms with Gasteiger partial charge in [-0.25, -0.2) is 4.79 Å². The summed E-state index contributed by atoms with van der Waals surface area (Å²) >= 11 is 0. The van der Waals surface area contributed by atoms with Crippen LogP contribution in [0.1, 0.15) is 19.8 Å². The molecule has 3 nitrogen and oxygen atoms in total. The summed E-state index contributed by atoms with van der Waals surface area (Å²) in [6, 6.07) is 0. The molecule has 0 aromatic heterocycles. The van der Waals surface area contributed by atoms with Gasteiger partial charge in [0.2, 0.25) is 0 Å². The number of esters is 1. The fourth-order valence-corrected chi connectivity index (χ4v) is 0.818. The van der Waals surface area contributed by atoms with Crippen LogP contribution in [-0.2, 0) is 9.53 Å². The number of halogens is 1. The van der Waals surface area contributed by atoms with Crippen molar-refractivity contribution in [2.75, 3.05) is 27.2 Å². The molecule has 0 radical (unpaired) electrons. The molecule has 0 amide bonds. The van der Waals surface area contributed by atoms with Crippen LogP contribution < -0.4 is 0 Å². The van der Waals surface area contributed by atoms with E-state index in [0.717, 1.165) is 19.4 Å². The van der Waals surface area contributed by atoms with Crippen LogP contribution in [0.15, 0.2) is 12.2 Å². The van der Waals surface area contributed by atoms with E-state index in [2.05, 4.69) is 11.5 Å². The zero-order valence-electron chi connectivity index (χ0n) is 9.21. The molecule has 0 atom stereocenters. The van der Waals surface area contributed by atoms with Crippen LogP contribution in [0.5, 0.6) is 0 Å². The standard InChI is InChI=1S/C10H19NO2.ClH/c1-9(2)10(12)13-8-6-5-7-11(3)4;/h1,5-8H2,2-4H3;1H. The molecule has 0 unspecified atom stereocenters. The van der Waals surface area contributed by atoms with E-state index in [9.17, 15) is 4.79 Å². The van der Waals surface area contributed by atoms with Crippen molar-refractivity contribution in [1.82, 2.24) is 4.90 Å². The molecule has 0 aliphatic carbocycles. The van der Waals surface area contributed by atoms with Crippen molar-refractivity contribution in [3.05, 3.63) is 12.2 Å². The van der Waals surface area contributed by atoms with Crippen LogP contribution in [0.25, 0.3) is 0 Å². The molecule has 0 aromatic rings. The number of rotatable bonds is 6. The minimum absolute atomic E-state index is 0. The van der Waals surface area contributed by atoms with Gasteiger partial charge in [0.25, 0.3) is 0 Å². The highest BCUT2D eigenvalue weighted by Gasteiger charge is 2.01. The van der Waals surface area contributed by atoms with Crippen molar-refractivity contribution in [3.63, 3.8) is 0 Å². The Kier molecular flexibility index (Phi) is 10.3. The molecule has 0 bridgehead atoms. The van der Waals surface area contributed by atoms with E-state index in [0.29, 0.717) is 12.2 Å². The molecule has 0 spiro atoms. The second-order valence-electron chi connectivity index (χ2n) is 3.43. The fourth-order valence-electron chi connectivity index (χ4n) is 0.818. The second kappa shape index (κ2) is 9.03. The Morgan fingerprint density at radius 1 is 1.36 bits per heavy atom. The van der Waals surface area contributed by atoms with Gasteiger partial charge in [-0.05, 0) is 40.4 Å². The summed E-state index contributed by atoms with van der Waals surface area (Å²) in [4.78, 5) is 13.0. The molecule has 0 saturated heterocycles. The maximum absolute atomic E-state index is 10.9. The van der Waals surface area contributed by atoms with Gasteiger partial charge in [-0.15, -0.1) is 12.4 Å². The summed E-state index contributed by atoms with van der Waals surface area (Å²) in [5.74, 6) is -0.287. The van der Waals surface area contributed by atoms with Gasteiger partial charge in [-0.1, -0.05) is 6.58 Å². The first-order chi connectivity index (χ1) is 6.04. The summed E-state index contributed by atoms with van der Waals surface area (Å²) in [6.45, 7) is 6.69. The van der Waals surface area contributed by atoms with Crippen LogP contribution in [0.2, 0.25) is 0 Å². The third kappa shape index (κ3) is 9.55. The first kappa shape index (κ1) is 15.9. The summed E-state index contributed by atoms with van der Waals surface area (Å²) in [6.07, 6.45) is 1.97. The summed E-state index contributed by atoms with van der Waals surface area (Å²) in [5.41, 5.74) is 0.465. The van der Waals surface area contributed by atoms with Gasteiger partial charge in [0.05, 0.1) is 6.61 Å². The maximum atomic E-state index is 10.9. The number of carbonyl (C=O) groups excluding carboxylic acids is 1. The molecule has 84 valence electrons. The average Bonchev–Trinajstić information content (AvgIpc) is 2.02. The second-order valence-corrected chi connectivity index (χ2v) is 3.43. The SMILES string of the molecule is C=C(C)C(=O)OCCCCN(C)C.Cl. The number of carbonyl (C=O) groups is 1. The number of unbranched alkanes of at least 4 members (excludes halogenated alkanes) is 1. The molecule has 0 heterocycles. The highest BCUT2D eigenvalue weighted by Crippen LogP contribution is 1.96. The van der Waals surface area contributed by atoms with Crippen LogP contribution in [0.3, 0.4) is 0 Å². The number of ether oxygens (including phenoxy) is 1. The normalized spacial score (nSPS) is 9.43. The van der Waals surface area contributed by atoms with Crippen LogP contribution in [0.4, 0.5) is 0 Å². The van der Waals surface area contributed by atoms with Gasteiger partial charge in [0.1, 0.15) is 0 Å². The van der Waals surface area contributed by atoms with Crippen molar-refractivity contribution >= 4 is 18.4 Å². The van der Waals surface area contributed by atoms with Crippen molar-refractivity contribution < 1.29 is 9.53 Å². The Hall–Kier alpha value is -0.540. The van der Waals surface area contributed by atoms with Gasteiger partial charge < -0.3 is 9.64 Å². The van der Waals surface area contributed by atoms with Crippen LogP contribution in [-0.4, -0.2) is 38.1 Å². The van der Waals surface area contributed by atoms with Crippen molar-refractivity contribution in [2.24, 2.45) is 0 Å². The Bertz CT molecular complexity index is 181. The molecule has 14 heavy (non-hydrogen) atoms. The van der Waals surface area contributed by atoms with Crippen LogP contribution in [0, 0.1) is 0 Å². The lowest BCUT2D eigenvalue weighted by Gasteiger charge is -2.08. The van der Waals surface area contributed by atoms with E-state index < -0.39 is 0 Å². The molecule has 4 heteroatoms. The fraction of sp³-hybridized carbons (Fsp3) is 0.700. The lowest BCUT2D eigenvalue weighted by atomic mass is 10.3. The van der Waals surface area contributed by atoms with E-state index in [-0.39, 0.29) is 18.4 Å². The third-order valence-corrected chi connectivity index (χ3v) is 1.58. The molecule has 0 aliphatic rings. The molecule has 0 N–H and O–H groups in total. The minimum atomic E-state index is -0.287. The Morgan fingerprint density at radius 2 is 1.93 bits per heavy atom. The Labute approximate surface area is 92.5 Å². The molecular weight excluding hydrogens is 202 g/mol. The Balaban J connectivity index is 0. The van der Waals surface area contributed by atoms with E-state index in [1.165, 1.54) is 0 Å². The van der Waals surface area contributed by atoms with Gasteiger partial charge >= 0.3 is 5.97 Å². The van der Waals surface area contributed by atoms with Gasteiger partial charge in [0, 0.05) is 5.57 Å². The molecular formula is C10H20ClNO2. The van der Waals surface area contributed by atoms with Crippen molar-refractivity contribution in [1.29, 1.82) is 0 Å². The molecule has 0 rings (SSSR count). The minimum Gasteiger partial charge on any atom is -0.462 e. The van der Waals surface area contributed by atoms with Gasteiger partial charge in [-0.3, -0.25) is 0 Å². The molecule has 0 saturated carbocycles. The van der Waals surface area contributed by atoms with Gasteiger partial charge in [-0.2, -0.15) is 0 Å². The molecule has 0 aromatic carbocycles. The largest absolute Gasteiger partial charge is 0.462 e. The summed E-state index contributed by atoms with van der Waals surface area (Å²) in [7, 11) is 4.06. The lowest BCUT2D eigenvalue weighted by molar-refractivity contribution is -0.139. The lowest BCUT2D eigenvalue weighted by Crippen LogP contribution is -2.14. The van der Waals surface area contributed by atoms with E-state index >= 15 is 0 Å². The zero-order chi connectivity index (χ0) is 10.3. The van der Waals surface area contributed by atoms with E-state index in [1.807, 2.05) is 14.1 Å². The van der Waals surface area contributed by atoms with E-state index in [4.69, 9.17) is 4.74 Å². The van der Waals surface area contributed by atoms with Crippen LogP contribution >= 0.6 is 12.4 Å². The smallest absolute Gasteiger partial charge is 0.333 e. The first-order valence-corrected chi connectivity index (χ1v) is 4.51. The maximum Gasteiger partial charge on any atom is 0.333 e. The monoisotopic (exact) mass is 221 g/mol. The number of nitrogens with zero attached hydrogens (tertiary/aromatic N) is 1. The highest BCUT2D eigenvalue weighted by atomic mass is 35.5.